The molecule has 0 amide bonds. The molecule has 6 heteroatoms. The lowest BCUT2D eigenvalue weighted by molar-refractivity contribution is 0.542. The molecule has 0 aromatic carbocycles. The van der Waals surface area contributed by atoms with Crippen molar-refractivity contribution in [3.05, 3.63) is 22.6 Å². The molecule has 0 saturated heterocycles. The van der Waals surface area contributed by atoms with Gasteiger partial charge in [0.1, 0.15) is 0 Å². The van der Waals surface area contributed by atoms with E-state index in [0.29, 0.717) is 11.7 Å². The molecule has 0 bridgehead atoms. The lowest BCUT2D eigenvalue weighted by Gasteiger charge is -2.03. The van der Waals surface area contributed by atoms with Crippen LogP contribution in [0.15, 0.2) is 17.1 Å². The van der Waals surface area contributed by atoms with Crippen molar-refractivity contribution in [2.45, 2.75) is 19.4 Å². The third-order valence-electron chi connectivity index (χ3n) is 1.83. The number of thiocarbonyl (C=S) groups is 1. The molecule has 0 aliphatic heterocycles. The van der Waals surface area contributed by atoms with E-state index in [2.05, 4.69) is 22.6 Å². The van der Waals surface area contributed by atoms with E-state index in [9.17, 15) is 4.79 Å². The summed E-state index contributed by atoms with van der Waals surface area (Å²) in [6, 6.07) is 1.51. The zero-order valence-electron chi connectivity index (χ0n) is 7.82. The van der Waals surface area contributed by atoms with Crippen LogP contribution in [-0.4, -0.2) is 21.4 Å². The number of rotatable bonds is 5. The van der Waals surface area contributed by atoms with Gasteiger partial charge in [-0.25, -0.2) is 0 Å². The third kappa shape index (κ3) is 3.61. The van der Waals surface area contributed by atoms with Crippen LogP contribution in [0, 0.1) is 0 Å². The number of nitrogens with one attached hydrogen (secondary N) is 2. The Morgan fingerprint density at radius 1 is 1.64 bits per heavy atom. The maximum atomic E-state index is 11.1. The summed E-state index contributed by atoms with van der Waals surface area (Å²) in [5.74, 6) is 0. The Balaban J connectivity index is 2.13. The van der Waals surface area contributed by atoms with E-state index in [-0.39, 0.29) is 5.56 Å². The predicted octanol–water partition coefficient (Wildman–Crippen LogP) is -0.210. The van der Waals surface area contributed by atoms with Crippen LogP contribution >= 0.6 is 12.2 Å². The first kappa shape index (κ1) is 10.8. The lowest BCUT2D eigenvalue weighted by Crippen LogP contribution is -2.30. The summed E-state index contributed by atoms with van der Waals surface area (Å²) in [5.41, 5.74) is 5.26. The van der Waals surface area contributed by atoms with Gasteiger partial charge in [0, 0.05) is 25.4 Å². The molecule has 1 aromatic rings. The molecule has 78 valence electrons. The summed E-state index contributed by atoms with van der Waals surface area (Å²) in [6.45, 7) is 1.45. The Labute approximate surface area is 87.3 Å². The van der Waals surface area contributed by atoms with Crippen molar-refractivity contribution >= 4 is 17.3 Å². The van der Waals surface area contributed by atoms with Gasteiger partial charge in [0.15, 0.2) is 5.11 Å². The predicted molar refractivity (Wildman–Crippen MR) is 59.1 cm³/mol. The van der Waals surface area contributed by atoms with Gasteiger partial charge < -0.3 is 16.1 Å². The van der Waals surface area contributed by atoms with Crippen molar-refractivity contribution in [1.82, 2.24) is 15.1 Å². The number of aryl methyl sites for hydroxylation is 1. The van der Waals surface area contributed by atoms with Crippen molar-refractivity contribution in [3.63, 3.8) is 0 Å². The second kappa shape index (κ2) is 5.43. The molecule has 1 heterocycles. The number of aromatic nitrogens is 2. The molecule has 1 aromatic heterocycles. The van der Waals surface area contributed by atoms with Gasteiger partial charge in [0.05, 0.1) is 0 Å². The Kier molecular flexibility index (Phi) is 4.18. The van der Waals surface area contributed by atoms with Gasteiger partial charge >= 0.3 is 0 Å². The fraction of sp³-hybridized carbons (Fsp3) is 0.500. The van der Waals surface area contributed by atoms with Crippen molar-refractivity contribution in [3.8, 4) is 0 Å². The van der Waals surface area contributed by atoms with Gasteiger partial charge in [-0.05, 0) is 25.1 Å². The highest BCUT2D eigenvalue weighted by Crippen LogP contribution is 1.89. The van der Waals surface area contributed by atoms with Crippen molar-refractivity contribution in [1.29, 1.82) is 0 Å². The zero-order valence-corrected chi connectivity index (χ0v) is 8.64. The molecular formula is C8H14N4OS. The molecule has 0 saturated carbocycles. The normalized spacial score (nSPS) is 10.0. The van der Waals surface area contributed by atoms with E-state index < -0.39 is 0 Å². The van der Waals surface area contributed by atoms with Crippen LogP contribution in [0.2, 0.25) is 0 Å². The standard InChI is InChI=1S/C8H14N4OS/c9-8(14)10-4-1-2-6-12-7(13)3-5-11-12/h3,5,11H,1-2,4,6H2,(H3,9,10,14). The molecule has 1 rings (SSSR count). The van der Waals surface area contributed by atoms with Gasteiger partial charge in [0.2, 0.25) is 0 Å². The molecular weight excluding hydrogens is 200 g/mol. The monoisotopic (exact) mass is 214 g/mol. The first-order valence-corrected chi connectivity index (χ1v) is 4.88. The molecule has 0 radical (unpaired) electrons. The molecule has 0 atom stereocenters. The fourth-order valence-corrected chi connectivity index (χ4v) is 1.24. The van der Waals surface area contributed by atoms with E-state index in [1.54, 1.807) is 10.9 Å². The van der Waals surface area contributed by atoms with Gasteiger partial charge in [-0.3, -0.25) is 9.48 Å². The minimum absolute atomic E-state index is 0.00676. The lowest BCUT2D eigenvalue weighted by atomic mass is 10.3. The van der Waals surface area contributed by atoms with Gasteiger partial charge in [-0.2, -0.15) is 0 Å². The first-order valence-electron chi connectivity index (χ1n) is 4.47. The minimum Gasteiger partial charge on any atom is -0.376 e. The number of hydrogen-bond acceptors (Lipinski definition) is 2. The molecule has 0 fully saturated rings. The van der Waals surface area contributed by atoms with Crippen molar-refractivity contribution < 1.29 is 0 Å². The van der Waals surface area contributed by atoms with E-state index in [0.717, 1.165) is 19.4 Å². The molecule has 5 nitrogen and oxygen atoms in total. The second-order valence-electron chi connectivity index (χ2n) is 2.95. The Hall–Kier alpha value is -1.30. The molecule has 0 unspecified atom stereocenters. The molecule has 0 aliphatic carbocycles. The van der Waals surface area contributed by atoms with Gasteiger partial charge in [-0.15, -0.1) is 0 Å². The van der Waals surface area contributed by atoms with E-state index >= 15 is 0 Å². The average Bonchev–Trinajstić information content (AvgIpc) is 2.51. The van der Waals surface area contributed by atoms with Crippen molar-refractivity contribution in [2.24, 2.45) is 5.73 Å². The van der Waals surface area contributed by atoms with Crippen LogP contribution in [0.1, 0.15) is 12.8 Å². The summed E-state index contributed by atoms with van der Waals surface area (Å²) in [6.07, 6.45) is 3.48. The minimum atomic E-state index is 0.00676. The molecule has 0 spiro atoms. The fourth-order valence-electron chi connectivity index (χ4n) is 1.13. The summed E-state index contributed by atoms with van der Waals surface area (Å²) < 4.78 is 1.57. The number of aromatic amines is 1. The number of nitrogens with two attached hydrogens (primary N) is 1. The SMILES string of the molecule is NC(=S)NCCCCn1[nH]ccc1=O. The summed E-state index contributed by atoms with van der Waals surface area (Å²) >= 11 is 4.65. The zero-order chi connectivity index (χ0) is 10.4. The summed E-state index contributed by atoms with van der Waals surface area (Å²) in [5, 5.41) is 6.01. The largest absolute Gasteiger partial charge is 0.376 e. The third-order valence-corrected chi connectivity index (χ3v) is 1.97. The Morgan fingerprint density at radius 2 is 2.43 bits per heavy atom. The maximum Gasteiger partial charge on any atom is 0.266 e. The van der Waals surface area contributed by atoms with Crippen LogP contribution in [0.25, 0.3) is 0 Å². The number of H-pyrrole nitrogens is 1. The second-order valence-corrected chi connectivity index (χ2v) is 3.39. The quantitative estimate of drug-likeness (QED) is 0.468. The number of nitrogens with zero attached hydrogens (tertiary/aromatic N) is 1. The van der Waals surface area contributed by atoms with E-state index in [1.165, 1.54) is 6.07 Å². The van der Waals surface area contributed by atoms with Crippen LogP contribution < -0.4 is 16.6 Å². The van der Waals surface area contributed by atoms with E-state index in [4.69, 9.17) is 5.73 Å². The molecule has 14 heavy (non-hydrogen) atoms. The highest BCUT2D eigenvalue weighted by Gasteiger charge is 1.95. The Morgan fingerprint density at radius 3 is 3.00 bits per heavy atom. The summed E-state index contributed by atoms with van der Waals surface area (Å²) in [4.78, 5) is 11.1. The molecule has 4 N–H and O–H groups in total. The van der Waals surface area contributed by atoms with Crippen LogP contribution in [0.3, 0.4) is 0 Å². The topological polar surface area (TPSA) is 75.8 Å². The summed E-state index contributed by atoms with van der Waals surface area (Å²) in [7, 11) is 0. The van der Waals surface area contributed by atoms with Crippen LogP contribution in [0.5, 0.6) is 0 Å². The van der Waals surface area contributed by atoms with Gasteiger partial charge in [-0.1, -0.05) is 0 Å². The van der Waals surface area contributed by atoms with Gasteiger partial charge in [0.25, 0.3) is 5.56 Å². The smallest absolute Gasteiger partial charge is 0.266 e. The maximum absolute atomic E-state index is 11.1. The molecule has 0 aliphatic rings. The average molecular weight is 214 g/mol. The number of unbranched alkanes of at least 4 members (excludes halogenated alkanes) is 1. The van der Waals surface area contributed by atoms with Crippen LogP contribution in [-0.2, 0) is 6.54 Å². The highest BCUT2D eigenvalue weighted by atomic mass is 32.1. The number of hydrogen-bond donors (Lipinski definition) is 3. The van der Waals surface area contributed by atoms with Crippen LogP contribution in [0.4, 0.5) is 0 Å². The Bertz CT molecular complexity index is 343. The van der Waals surface area contributed by atoms with E-state index in [1.807, 2.05) is 0 Å². The first-order chi connectivity index (χ1) is 6.70. The van der Waals surface area contributed by atoms with Crippen molar-refractivity contribution in [2.75, 3.05) is 6.54 Å². The highest BCUT2D eigenvalue weighted by molar-refractivity contribution is 7.80.